The number of methoxy groups -OCH3 is 1. The first-order chi connectivity index (χ1) is 20.6. The van der Waals surface area contributed by atoms with E-state index >= 15 is 0 Å². The van der Waals surface area contributed by atoms with Crippen LogP contribution in [0.2, 0.25) is 18.6 Å². The number of aryl methyl sites for hydroxylation is 1. The lowest BCUT2D eigenvalue weighted by Gasteiger charge is -2.32. The van der Waals surface area contributed by atoms with Crippen LogP contribution in [0.1, 0.15) is 36.6 Å². The molecule has 0 radical (unpaired) electrons. The lowest BCUT2D eigenvalue weighted by molar-refractivity contribution is -0.146. The maximum atomic E-state index is 14.6. The van der Waals surface area contributed by atoms with E-state index in [0.29, 0.717) is 43.8 Å². The summed E-state index contributed by atoms with van der Waals surface area (Å²) in [6.45, 7) is 7.41. The maximum absolute atomic E-state index is 14.6. The van der Waals surface area contributed by atoms with Crippen LogP contribution in [0.5, 0.6) is 5.75 Å². The molecule has 3 aliphatic rings. The molecule has 3 aliphatic heterocycles. The number of aromatic nitrogens is 3. The van der Waals surface area contributed by atoms with Gasteiger partial charge in [-0.25, -0.2) is 0 Å². The molecule has 0 bridgehead atoms. The van der Waals surface area contributed by atoms with Crippen molar-refractivity contribution < 1.29 is 29.0 Å². The van der Waals surface area contributed by atoms with E-state index in [1.807, 2.05) is 68.7 Å². The number of carbonyl (C=O) groups excluding carboxylic acids is 2. The molecule has 0 saturated carbocycles. The normalized spacial score (nSPS) is 25.0. The predicted octanol–water partition coefficient (Wildman–Crippen LogP) is 2.99. The second-order valence-corrected chi connectivity index (χ2v) is 16.3. The molecule has 12 heteroatoms. The van der Waals surface area contributed by atoms with Crippen molar-refractivity contribution in [3.05, 3.63) is 65.5 Å². The summed E-state index contributed by atoms with van der Waals surface area (Å²) in [6.07, 6.45) is 2.97. The Kier molecular flexibility index (Phi) is 7.65. The van der Waals surface area contributed by atoms with Gasteiger partial charge in [0.25, 0.3) is 5.91 Å². The average Bonchev–Trinajstić information content (AvgIpc) is 3.62. The third-order valence-electron chi connectivity index (χ3n) is 9.23. The average molecular weight is 606 g/mol. The number of aliphatic hydroxyl groups is 1. The van der Waals surface area contributed by atoms with E-state index in [-0.39, 0.29) is 36.0 Å². The Morgan fingerprint density at radius 2 is 1.93 bits per heavy atom. The zero-order chi connectivity index (χ0) is 30.5. The van der Waals surface area contributed by atoms with Crippen LogP contribution in [-0.4, -0.2) is 71.4 Å². The van der Waals surface area contributed by atoms with Crippen LogP contribution in [0, 0.1) is 5.92 Å². The summed E-state index contributed by atoms with van der Waals surface area (Å²) in [4.78, 5) is 41.6. The summed E-state index contributed by atoms with van der Waals surface area (Å²) in [5, 5.41) is 17.5. The zero-order valence-corrected chi connectivity index (χ0v) is 26.1. The summed E-state index contributed by atoms with van der Waals surface area (Å²) in [6, 6.07) is 13.4. The molecular formula is C31H39N5O6Si. The van der Waals surface area contributed by atoms with Crippen LogP contribution in [0.4, 0.5) is 11.4 Å². The van der Waals surface area contributed by atoms with Gasteiger partial charge < -0.3 is 29.2 Å². The van der Waals surface area contributed by atoms with Gasteiger partial charge in [0, 0.05) is 61.4 Å². The fourth-order valence-corrected chi connectivity index (χ4v) is 9.70. The SMILES string of the molecule is COc1ccc2c(c1)[C@@]1(O[C@H](CCn3cc(CCO)nn3)[C@@H]([Si](C)(C)O)[C@@H]1C)C(=O)N2Cc1ccc(N2CCC2=O)cc1. The van der Waals surface area contributed by atoms with Crippen LogP contribution < -0.4 is 14.5 Å². The van der Waals surface area contributed by atoms with Gasteiger partial charge in [0.15, 0.2) is 13.9 Å². The molecule has 2 saturated heterocycles. The molecule has 11 nitrogen and oxygen atoms in total. The Bertz CT molecular complexity index is 1520. The number of hydrogen-bond acceptors (Lipinski definition) is 8. The molecule has 0 aliphatic carbocycles. The fourth-order valence-electron chi connectivity index (χ4n) is 7.10. The van der Waals surface area contributed by atoms with Gasteiger partial charge in [-0.15, -0.1) is 5.10 Å². The van der Waals surface area contributed by atoms with Crippen molar-refractivity contribution in [2.24, 2.45) is 5.92 Å². The van der Waals surface area contributed by atoms with Gasteiger partial charge in [-0.2, -0.15) is 0 Å². The highest BCUT2D eigenvalue weighted by atomic mass is 28.4. The summed E-state index contributed by atoms with van der Waals surface area (Å²) in [5.41, 5.74) is 2.53. The maximum Gasteiger partial charge on any atom is 0.264 e. The molecule has 1 aromatic heterocycles. The first-order valence-corrected chi connectivity index (χ1v) is 17.9. The summed E-state index contributed by atoms with van der Waals surface area (Å²) < 4.78 is 14.2. The molecule has 4 atom stereocenters. The van der Waals surface area contributed by atoms with Crippen molar-refractivity contribution in [1.29, 1.82) is 0 Å². The Morgan fingerprint density at radius 1 is 1.16 bits per heavy atom. The van der Waals surface area contributed by atoms with Gasteiger partial charge in [0.2, 0.25) is 5.91 Å². The van der Waals surface area contributed by atoms with Crippen LogP contribution in [0.25, 0.3) is 0 Å². The van der Waals surface area contributed by atoms with E-state index in [9.17, 15) is 19.5 Å². The molecule has 228 valence electrons. The number of rotatable bonds is 10. The number of aliphatic hydroxyl groups excluding tert-OH is 1. The lowest BCUT2D eigenvalue weighted by Crippen LogP contribution is -2.46. The number of anilines is 2. The van der Waals surface area contributed by atoms with Gasteiger partial charge in [-0.1, -0.05) is 24.3 Å². The van der Waals surface area contributed by atoms with Gasteiger partial charge in [-0.3, -0.25) is 14.3 Å². The van der Waals surface area contributed by atoms with Crippen LogP contribution in [0.15, 0.2) is 48.7 Å². The number of benzene rings is 2. The number of fused-ring (bicyclic) bond motifs is 2. The summed E-state index contributed by atoms with van der Waals surface area (Å²) in [7, 11) is -1.21. The van der Waals surface area contributed by atoms with Crippen molar-refractivity contribution in [3.63, 3.8) is 0 Å². The summed E-state index contributed by atoms with van der Waals surface area (Å²) >= 11 is 0. The van der Waals surface area contributed by atoms with Crippen molar-refractivity contribution in [2.75, 3.05) is 30.1 Å². The molecule has 3 aromatic rings. The fraction of sp³-hybridized carbons (Fsp3) is 0.484. The molecule has 43 heavy (non-hydrogen) atoms. The van der Waals surface area contributed by atoms with Crippen molar-refractivity contribution >= 4 is 31.5 Å². The van der Waals surface area contributed by atoms with E-state index in [4.69, 9.17) is 9.47 Å². The molecule has 2 aromatic carbocycles. The van der Waals surface area contributed by atoms with E-state index in [1.165, 1.54) is 0 Å². The topological polar surface area (TPSA) is 130 Å². The van der Waals surface area contributed by atoms with Gasteiger partial charge in [0.05, 0.1) is 31.1 Å². The molecule has 6 rings (SSSR count). The van der Waals surface area contributed by atoms with Crippen molar-refractivity contribution in [2.45, 2.75) is 69.6 Å². The zero-order valence-electron chi connectivity index (χ0n) is 25.1. The molecule has 2 N–H and O–H groups in total. The van der Waals surface area contributed by atoms with E-state index in [0.717, 1.165) is 29.0 Å². The minimum atomic E-state index is -2.82. The lowest BCUT2D eigenvalue weighted by atomic mass is 9.82. The second-order valence-electron chi connectivity index (χ2n) is 12.3. The van der Waals surface area contributed by atoms with Gasteiger partial charge >= 0.3 is 0 Å². The monoisotopic (exact) mass is 605 g/mol. The highest BCUT2D eigenvalue weighted by Gasteiger charge is 2.66. The number of β-lactam (4-membered cyclic amide) rings is 1. The number of nitrogens with zero attached hydrogens (tertiary/aromatic N) is 5. The Morgan fingerprint density at radius 3 is 2.56 bits per heavy atom. The molecular weight excluding hydrogens is 566 g/mol. The number of hydrogen-bond donors (Lipinski definition) is 2. The highest BCUT2D eigenvalue weighted by Crippen LogP contribution is 2.60. The highest BCUT2D eigenvalue weighted by molar-refractivity contribution is 6.71. The smallest absolute Gasteiger partial charge is 0.264 e. The van der Waals surface area contributed by atoms with Gasteiger partial charge in [0.1, 0.15) is 5.75 Å². The largest absolute Gasteiger partial charge is 0.497 e. The Hall–Kier alpha value is -3.58. The first-order valence-electron chi connectivity index (χ1n) is 14.9. The van der Waals surface area contributed by atoms with E-state index in [1.54, 1.807) is 21.6 Å². The predicted molar refractivity (Wildman–Crippen MR) is 162 cm³/mol. The summed E-state index contributed by atoms with van der Waals surface area (Å²) in [5.74, 6) is 0.301. The minimum Gasteiger partial charge on any atom is -0.497 e. The Labute approximate surface area is 252 Å². The molecule has 2 fully saturated rings. The van der Waals surface area contributed by atoms with Crippen molar-refractivity contribution in [3.8, 4) is 5.75 Å². The number of carbonyl (C=O) groups is 2. The molecule has 2 amide bonds. The minimum absolute atomic E-state index is 0.000582. The van der Waals surface area contributed by atoms with Crippen LogP contribution >= 0.6 is 0 Å². The van der Waals surface area contributed by atoms with Crippen molar-refractivity contribution in [1.82, 2.24) is 15.0 Å². The van der Waals surface area contributed by atoms with Crippen LogP contribution in [0.3, 0.4) is 0 Å². The second kappa shape index (κ2) is 11.2. The first kappa shape index (κ1) is 29.5. The molecule has 0 unspecified atom stereocenters. The molecule has 1 spiro atoms. The third kappa shape index (κ3) is 5.05. The quantitative estimate of drug-likeness (QED) is 0.267. The number of ether oxygens (including phenoxy) is 2. The van der Waals surface area contributed by atoms with E-state index in [2.05, 4.69) is 10.3 Å². The van der Waals surface area contributed by atoms with E-state index < -0.39 is 13.9 Å². The molecule has 4 heterocycles. The van der Waals surface area contributed by atoms with Crippen LogP contribution in [-0.2, 0) is 39.4 Å². The standard InChI is InChI=1S/C31H39N5O6Si/c1-20-29(43(3,4)40)27(11-14-34-19-22(13-16-37)32-33-34)42-31(20)25-17-24(41-2)9-10-26(25)36(30(31)39)18-21-5-7-23(8-6-21)35-15-12-28(35)38/h5-10,17,19-20,27,29,37,40H,11-16,18H2,1-4H3/t20-,27+,29-,31+/m0/s1. The van der Waals surface area contributed by atoms with Gasteiger partial charge in [-0.05, 0) is 55.4 Å². The third-order valence-corrected chi connectivity index (χ3v) is 11.7. The Balaban J connectivity index is 1.32. The number of amides is 2.